The smallest absolute Gasteiger partial charge is 0.170 e. The van der Waals surface area contributed by atoms with Gasteiger partial charge < -0.3 is 19.9 Å². The number of nitrogens with zero attached hydrogens (tertiary/aromatic N) is 2. The van der Waals surface area contributed by atoms with Crippen molar-refractivity contribution in [2.75, 3.05) is 27.1 Å². The number of ether oxygens (including phenoxy) is 3. The zero-order valence-corrected chi connectivity index (χ0v) is 12.1. The Labute approximate surface area is 118 Å². The molecule has 0 aliphatic carbocycles. The Bertz CT molecular complexity index is 588. The number of methoxy groups -OCH3 is 3. The van der Waals surface area contributed by atoms with E-state index in [1.54, 1.807) is 39.1 Å². The number of rotatable bonds is 5. The Morgan fingerprint density at radius 1 is 1.20 bits per heavy atom. The molecule has 0 fully saturated rings. The van der Waals surface area contributed by atoms with Gasteiger partial charge in [0.2, 0.25) is 0 Å². The molecule has 1 heterocycles. The lowest BCUT2D eigenvalue weighted by molar-refractivity contribution is 0.185. The van der Waals surface area contributed by atoms with Crippen LogP contribution in [0.4, 0.5) is 5.82 Å². The van der Waals surface area contributed by atoms with Crippen LogP contribution < -0.4 is 15.2 Å². The molecule has 20 heavy (non-hydrogen) atoms. The van der Waals surface area contributed by atoms with E-state index in [-0.39, 0.29) is 0 Å². The van der Waals surface area contributed by atoms with Crippen molar-refractivity contribution in [2.45, 2.75) is 6.61 Å². The largest absolute Gasteiger partial charge is 0.493 e. The second-order valence-corrected chi connectivity index (χ2v) is 4.35. The number of anilines is 1. The van der Waals surface area contributed by atoms with Crippen molar-refractivity contribution >= 4 is 5.82 Å². The van der Waals surface area contributed by atoms with E-state index < -0.39 is 0 Å². The summed E-state index contributed by atoms with van der Waals surface area (Å²) in [6.07, 6.45) is 0. The van der Waals surface area contributed by atoms with Crippen LogP contribution in [-0.2, 0) is 18.4 Å². The SMILES string of the molecule is COCc1ccc(OC)c(OC)c1-c1cc(N)n(C)n1. The predicted octanol–water partition coefficient (Wildman–Crippen LogP) is 1.83. The van der Waals surface area contributed by atoms with Crippen LogP contribution in [0.5, 0.6) is 11.5 Å². The molecule has 0 unspecified atom stereocenters. The lowest BCUT2D eigenvalue weighted by Gasteiger charge is -2.15. The maximum Gasteiger partial charge on any atom is 0.170 e. The summed E-state index contributed by atoms with van der Waals surface area (Å²) < 4.78 is 17.7. The van der Waals surface area contributed by atoms with E-state index in [1.807, 2.05) is 12.1 Å². The molecule has 6 nitrogen and oxygen atoms in total. The van der Waals surface area contributed by atoms with E-state index in [0.717, 1.165) is 16.8 Å². The van der Waals surface area contributed by atoms with Crippen LogP contribution in [0, 0.1) is 0 Å². The molecule has 2 aromatic rings. The fraction of sp³-hybridized carbons (Fsp3) is 0.357. The average molecular weight is 277 g/mol. The second-order valence-electron chi connectivity index (χ2n) is 4.35. The summed E-state index contributed by atoms with van der Waals surface area (Å²) in [6.45, 7) is 0.451. The molecule has 1 aromatic heterocycles. The Balaban J connectivity index is 2.68. The number of nitrogens with two attached hydrogens (primary N) is 1. The van der Waals surface area contributed by atoms with E-state index >= 15 is 0 Å². The van der Waals surface area contributed by atoms with Crippen LogP contribution in [0.2, 0.25) is 0 Å². The number of hydrogen-bond acceptors (Lipinski definition) is 5. The third-order valence-corrected chi connectivity index (χ3v) is 3.10. The van der Waals surface area contributed by atoms with Crippen LogP contribution in [0.15, 0.2) is 18.2 Å². The second kappa shape index (κ2) is 5.83. The number of aryl methyl sites for hydroxylation is 1. The van der Waals surface area contributed by atoms with Gasteiger partial charge in [0.15, 0.2) is 11.5 Å². The molecule has 0 bridgehead atoms. The molecule has 108 valence electrons. The molecule has 0 saturated carbocycles. The van der Waals surface area contributed by atoms with Crippen molar-refractivity contribution in [1.29, 1.82) is 0 Å². The zero-order valence-electron chi connectivity index (χ0n) is 12.1. The van der Waals surface area contributed by atoms with Crippen LogP contribution in [0.1, 0.15) is 5.56 Å². The first-order chi connectivity index (χ1) is 9.62. The molecule has 1 aromatic carbocycles. The van der Waals surface area contributed by atoms with Gasteiger partial charge in [-0.2, -0.15) is 5.10 Å². The van der Waals surface area contributed by atoms with Gasteiger partial charge in [-0.15, -0.1) is 0 Å². The minimum absolute atomic E-state index is 0.451. The van der Waals surface area contributed by atoms with Crippen LogP contribution in [0.25, 0.3) is 11.3 Å². The molecule has 2 N–H and O–H groups in total. The van der Waals surface area contributed by atoms with Gasteiger partial charge in [0, 0.05) is 20.2 Å². The first kappa shape index (κ1) is 14.2. The Hall–Kier alpha value is -2.21. The van der Waals surface area contributed by atoms with Crippen LogP contribution >= 0.6 is 0 Å². The van der Waals surface area contributed by atoms with Crippen molar-refractivity contribution < 1.29 is 14.2 Å². The normalized spacial score (nSPS) is 10.6. The van der Waals surface area contributed by atoms with E-state index in [2.05, 4.69) is 5.10 Å². The van der Waals surface area contributed by atoms with E-state index in [1.165, 1.54) is 0 Å². The molecule has 0 aliphatic heterocycles. The number of hydrogen-bond donors (Lipinski definition) is 1. The fourth-order valence-electron chi connectivity index (χ4n) is 2.13. The molecule has 0 amide bonds. The van der Waals surface area contributed by atoms with Crippen molar-refractivity contribution in [3.8, 4) is 22.8 Å². The molecule has 2 rings (SSSR count). The minimum Gasteiger partial charge on any atom is -0.493 e. The molecule has 0 radical (unpaired) electrons. The number of nitrogen functional groups attached to an aromatic ring is 1. The standard InChI is InChI=1S/C14H19N3O3/c1-17-12(15)7-10(16-17)13-9(8-18-2)5-6-11(19-3)14(13)20-4/h5-7H,8,15H2,1-4H3. The Morgan fingerprint density at radius 2 is 1.95 bits per heavy atom. The summed E-state index contributed by atoms with van der Waals surface area (Å²) in [4.78, 5) is 0. The summed E-state index contributed by atoms with van der Waals surface area (Å²) >= 11 is 0. The molecular weight excluding hydrogens is 258 g/mol. The Kier molecular flexibility index (Phi) is 4.14. The molecule has 6 heteroatoms. The predicted molar refractivity (Wildman–Crippen MR) is 76.9 cm³/mol. The number of benzene rings is 1. The summed E-state index contributed by atoms with van der Waals surface area (Å²) in [5.41, 5.74) is 8.39. The van der Waals surface area contributed by atoms with Gasteiger partial charge >= 0.3 is 0 Å². The first-order valence-electron chi connectivity index (χ1n) is 6.15. The fourth-order valence-corrected chi connectivity index (χ4v) is 2.13. The summed E-state index contributed by atoms with van der Waals surface area (Å²) in [6, 6.07) is 5.59. The van der Waals surface area contributed by atoms with Gasteiger partial charge in [-0.1, -0.05) is 6.07 Å². The Morgan fingerprint density at radius 3 is 2.45 bits per heavy atom. The highest BCUT2D eigenvalue weighted by Crippen LogP contribution is 2.40. The molecular formula is C14H19N3O3. The third kappa shape index (κ3) is 2.42. The van der Waals surface area contributed by atoms with E-state index in [0.29, 0.717) is 23.9 Å². The summed E-state index contributed by atoms with van der Waals surface area (Å²) in [5.74, 6) is 1.85. The highest BCUT2D eigenvalue weighted by molar-refractivity contribution is 5.76. The van der Waals surface area contributed by atoms with Gasteiger partial charge in [0.1, 0.15) is 5.82 Å². The maximum absolute atomic E-state index is 5.86. The summed E-state index contributed by atoms with van der Waals surface area (Å²) in [7, 11) is 6.64. The van der Waals surface area contributed by atoms with Crippen molar-refractivity contribution in [2.24, 2.45) is 7.05 Å². The lowest BCUT2D eigenvalue weighted by atomic mass is 10.0. The van der Waals surface area contributed by atoms with Gasteiger partial charge in [-0.25, -0.2) is 0 Å². The number of aromatic nitrogens is 2. The van der Waals surface area contributed by atoms with Crippen molar-refractivity contribution in [1.82, 2.24) is 9.78 Å². The topological polar surface area (TPSA) is 71.5 Å². The molecule has 0 spiro atoms. The van der Waals surface area contributed by atoms with Crippen LogP contribution in [0.3, 0.4) is 0 Å². The minimum atomic E-state index is 0.451. The van der Waals surface area contributed by atoms with Gasteiger partial charge in [-0.3, -0.25) is 4.68 Å². The highest BCUT2D eigenvalue weighted by atomic mass is 16.5. The van der Waals surface area contributed by atoms with E-state index in [4.69, 9.17) is 19.9 Å². The highest BCUT2D eigenvalue weighted by Gasteiger charge is 2.19. The van der Waals surface area contributed by atoms with Crippen LogP contribution in [-0.4, -0.2) is 31.1 Å². The zero-order chi connectivity index (χ0) is 14.7. The average Bonchev–Trinajstić information content (AvgIpc) is 2.78. The van der Waals surface area contributed by atoms with Gasteiger partial charge in [0.05, 0.1) is 32.1 Å². The quantitative estimate of drug-likeness (QED) is 0.902. The third-order valence-electron chi connectivity index (χ3n) is 3.10. The monoisotopic (exact) mass is 277 g/mol. The first-order valence-corrected chi connectivity index (χ1v) is 6.15. The van der Waals surface area contributed by atoms with Crippen molar-refractivity contribution in [3.63, 3.8) is 0 Å². The summed E-state index contributed by atoms with van der Waals surface area (Å²) in [5, 5.41) is 4.41. The van der Waals surface area contributed by atoms with E-state index in [9.17, 15) is 0 Å². The van der Waals surface area contributed by atoms with Crippen molar-refractivity contribution in [3.05, 3.63) is 23.8 Å². The molecule has 0 saturated heterocycles. The molecule has 0 atom stereocenters. The van der Waals surface area contributed by atoms with Gasteiger partial charge in [-0.05, 0) is 11.6 Å². The molecule has 0 aliphatic rings. The maximum atomic E-state index is 5.86. The van der Waals surface area contributed by atoms with Gasteiger partial charge in [0.25, 0.3) is 0 Å². The lowest BCUT2D eigenvalue weighted by Crippen LogP contribution is -2.00.